The molecule has 4 aromatic rings. The van der Waals surface area contributed by atoms with Crippen LogP contribution in [0, 0.1) is 6.07 Å². The van der Waals surface area contributed by atoms with Gasteiger partial charge in [-0.2, -0.15) is 0 Å². The first-order valence-electron chi connectivity index (χ1n) is 7.47. The molecule has 0 heteroatoms. The summed E-state index contributed by atoms with van der Waals surface area (Å²) in [5.41, 5.74) is 4.88. The first-order valence-corrected chi connectivity index (χ1v) is 7.47. The van der Waals surface area contributed by atoms with Crippen LogP contribution in [-0.2, 0) is 0 Å². The quantitative estimate of drug-likeness (QED) is 0.424. The Hall–Kier alpha value is -2.86. The molecule has 0 aliphatic heterocycles. The molecule has 0 atom stereocenters. The van der Waals surface area contributed by atoms with Crippen LogP contribution in [-0.4, -0.2) is 0 Å². The largest absolute Gasteiger partial charge is 0.0622 e. The number of fused-ring (bicyclic) bond motifs is 1. The maximum Gasteiger partial charge on any atom is -0.00992 e. The Labute approximate surface area is 130 Å². The molecule has 0 saturated heterocycles. The van der Waals surface area contributed by atoms with E-state index in [2.05, 4.69) is 84.9 Å². The van der Waals surface area contributed by atoms with Gasteiger partial charge in [0.25, 0.3) is 0 Å². The van der Waals surface area contributed by atoms with Crippen molar-refractivity contribution in [2.24, 2.45) is 0 Å². The monoisotopic (exact) mass is 279 g/mol. The van der Waals surface area contributed by atoms with Gasteiger partial charge in [-0.25, -0.2) is 0 Å². The van der Waals surface area contributed by atoms with Crippen molar-refractivity contribution in [1.29, 1.82) is 0 Å². The summed E-state index contributed by atoms with van der Waals surface area (Å²) in [6, 6.07) is 35.1. The first-order chi connectivity index (χ1) is 10.9. The fraction of sp³-hybridized carbons (Fsp3) is 0. The average Bonchev–Trinajstić information content (AvgIpc) is 2.62. The van der Waals surface area contributed by atoms with E-state index in [1.165, 1.54) is 27.5 Å². The molecule has 4 aromatic carbocycles. The number of rotatable bonds is 2. The van der Waals surface area contributed by atoms with Gasteiger partial charge in [-0.1, -0.05) is 84.9 Å². The minimum absolute atomic E-state index is 1.13. The van der Waals surface area contributed by atoms with E-state index < -0.39 is 0 Å². The van der Waals surface area contributed by atoms with Gasteiger partial charge < -0.3 is 0 Å². The molecule has 0 spiro atoms. The Morgan fingerprint density at radius 1 is 0.591 bits per heavy atom. The van der Waals surface area contributed by atoms with Crippen LogP contribution in [0.25, 0.3) is 33.0 Å². The van der Waals surface area contributed by atoms with Gasteiger partial charge in [-0.15, -0.1) is 0 Å². The highest BCUT2D eigenvalue weighted by atomic mass is 14.1. The summed E-state index contributed by atoms with van der Waals surface area (Å²) in [5.74, 6) is 0. The fourth-order valence-electron chi connectivity index (χ4n) is 2.89. The molecule has 0 heterocycles. The Kier molecular flexibility index (Phi) is 3.21. The molecule has 0 aliphatic rings. The van der Waals surface area contributed by atoms with Crippen LogP contribution in [0.2, 0.25) is 0 Å². The first kappa shape index (κ1) is 12.8. The molecular weight excluding hydrogens is 264 g/mol. The highest BCUT2D eigenvalue weighted by Crippen LogP contribution is 2.31. The van der Waals surface area contributed by atoms with E-state index in [0.717, 1.165) is 5.56 Å². The number of hydrogen-bond acceptors (Lipinski definition) is 0. The summed E-state index contributed by atoms with van der Waals surface area (Å²) in [5, 5.41) is 2.55. The minimum Gasteiger partial charge on any atom is -0.0622 e. The predicted octanol–water partition coefficient (Wildman–Crippen LogP) is 5.97. The van der Waals surface area contributed by atoms with Crippen molar-refractivity contribution < 1.29 is 0 Å². The van der Waals surface area contributed by atoms with Crippen molar-refractivity contribution >= 4 is 10.8 Å². The molecule has 0 nitrogen and oxygen atoms in total. The summed E-state index contributed by atoms with van der Waals surface area (Å²) in [4.78, 5) is 0. The Bertz CT molecular complexity index is 906. The van der Waals surface area contributed by atoms with E-state index in [-0.39, 0.29) is 0 Å². The van der Waals surface area contributed by atoms with E-state index in [1.54, 1.807) is 0 Å². The van der Waals surface area contributed by atoms with Gasteiger partial charge in [0.2, 0.25) is 0 Å². The van der Waals surface area contributed by atoms with E-state index in [0.29, 0.717) is 0 Å². The summed E-state index contributed by atoms with van der Waals surface area (Å²) in [6.07, 6.45) is 0. The third-order valence-electron chi connectivity index (χ3n) is 3.99. The third-order valence-corrected chi connectivity index (χ3v) is 3.99. The molecule has 22 heavy (non-hydrogen) atoms. The molecule has 0 bridgehead atoms. The van der Waals surface area contributed by atoms with Crippen molar-refractivity contribution in [2.75, 3.05) is 0 Å². The zero-order valence-electron chi connectivity index (χ0n) is 12.2. The number of hydrogen-bond donors (Lipinski definition) is 0. The second kappa shape index (κ2) is 5.50. The van der Waals surface area contributed by atoms with Gasteiger partial charge in [0.1, 0.15) is 0 Å². The lowest BCUT2D eigenvalue weighted by molar-refractivity contribution is 1.62. The van der Waals surface area contributed by atoms with Crippen molar-refractivity contribution in [3.05, 3.63) is 97.1 Å². The SMILES string of the molecule is [c]1ccccc1-c1ccc2c(-c3ccccc3)cccc2c1. The molecule has 0 amide bonds. The van der Waals surface area contributed by atoms with Gasteiger partial charge in [0.15, 0.2) is 0 Å². The summed E-state index contributed by atoms with van der Waals surface area (Å²) < 4.78 is 0. The van der Waals surface area contributed by atoms with Gasteiger partial charge in [0.05, 0.1) is 0 Å². The normalized spacial score (nSPS) is 10.7. The van der Waals surface area contributed by atoms with Crippen LogP contribution in [0.1, 0.15) is 0 Å². The molecule has 0 fully saturated rings. The lowest BCUT2D eigenvalue weighted by atomic mass is 9.95. The number of benzene rings is 4. The molecule has 0 N–H and O–H groups in total. The van der Waals surface area contributed by atoms with Gasteiger partial charge in [-0.05, 0) is 45.2 Å². The topological polar surface area (TPSA) is 0 Å². The minimum atomic E-state index is 1.13. The Morgan fingerprint density at radius 2 is 1.45 bits per heavy atom. The maximum atomic E-state index is 3.30. The molecule has 0 unspecified atom stereocenters. The lowest BCUT2D eigenvalue weighted by Gasteiger charge is -2.09. The zero-order chi connectivity index (χ0) is 14.8. The van der Waals surface area contributed by atoms with Crippen molar-refractivity contribution in [3.63, 3.8) is 0 Å². The van der Waals surface area contributed by atoms with Crippen molar-refractivity contribution in [1.82, 2.24) is 0 Å². The van der Waals surface area contributed by atoms with Crippen LogP contribution in [0.4, 0.5) is 0 Å². The molecule has 0 saturated carbocycles. The molecular formula is C22H15. The predicted molar refractivity (Wildman–Crippen MR) is 93.7 cm³/mol. The Morgan fingerprint density at radius 3 is 2.27 bits per heavy atom. The molecule has 1 radical (unpaired) electrons. The average molecular weight is 279 g/mol. The standard InChI is InChI=1S/C22H15/c1-3-8-17(9-4-1)19-14-15-22-20(16-19)12-7-13-21(22)18-10-5-2-6-11-18/h1-8,10-16H. The van der Waals surface area contributed by atoms with Gasteiger partial charge in [-0.3, -0.25) is 0 Å². The summed E-state index contributed by atoms with van der Waals surface area (Å²) >= 11 is 0. The van der Waals surface area contributed by atoms with Crippen molar-refractivity contribution in [3.8, 4) is 22.3 Å². The smallest absolute Gasteiger partial charge is 0.00992 e. The fourth-order valence-corrected chi connectivity index (χ4v) is 2.89. The maximum absolute atomic E-state index is 3.30. The second-order valence-electron chi connectivity index (χ2n) is 5.38. The molecule has 0 aliphatic carbocycles. The van der Waals surface area contributed by atoms with E-state index in [9.17, 15) is 0 Å². The third kappa shape index (κ3) is 2.29. The van der Waals surface area contributed by atoms with Gasteiger partial charge in [0, 0.05) is 0 Å². The highest BCUT2D eigenvalue weighted by Gasteiger charge is 2.05. The van der Waals surface area contributed by atoms with Crippen LogP contribution in [0.5, 0.6) is 0 Å². The van der Waals surface area contributed by atoms with Gasteiger partial charge >= 0.3 is 0 Å². The molecule has 0 aromatic heterocycles. The van der Waals surface area contributed by atoms with Crippen LogP contribution >= 0.6 is 0 Å². The molecule has 4 rings (SSSR count). The summed E-state index contributed by atoms with van der Waals surface area (Å²) in [7, 11) is 0. The van der Waals surface area contributed by atoms with E-state index in [1.807, 2.05) is 12.1 Å². The molecule has 103 valence electrons. The van der Waals surface area contributed by atoms with Crippen molar-refractivity contribution in [2.45, 2.75) is 0 Å². The zero-order valence-corrected chi connectivity index (χ0v) is 12.2. The van der Waals surface area contributed by atoms with E-state index >= 15 is 0 Å². The van der Waals surface area contributed by atoms with Crippen LogP contribution < -0.4 is 0 Å². The second-order valence-corrected chi connectivity index (χ2v) is 5.38. The highest BCUT2D eigenvalue weighted by molar-refractivity contribution is 5.98. The van der Waals surface area contributed by atoms with Crippen LogP contribution in [0.15, 0.2) is 91.0 Å². The lowest BCUT2D eigenvalue weighted by Crippen LogP contribution is -1.83. The summed E-state index contributed by atoms with van der Waals surface area (Å²) in [6.45, 7) is 0. The van der Waals surface area contributed by atoms with Crippen LogP contribution in [0.3, 0.4) is 0 Å². The Balaban J connectivity index is 1.90. The van der Waals surface area contributed by atoms with E-state index in [4.69, 9.17) is 0 Å².